The summed E-state index contributed by atoms with van der Waals surface area (Å²) in [5.74, 6) is -1.24. The SMILES string of the molecule is Cc1cc(N=Nc2cc(SCCCS(=O)(=O)O)c(N=Nc3cc(OCCCS(=O)(=O)O)c(N=Nc4c(C)c(C#N)c5nc6ccccc6n5c4O)cc3C)cc2C)c(SCCCS(=O)(=O)O)cc1N=Nc1ccc(Cl)cc1.O=S(=O)=O.O=S(=O)=O. The van der Waals surface area contributed by atoms with E-state index in [1.807, 2.05) is 6.92 Å². The highest BCUT2D eigenvalue weighted by Gasteiger charge is 2.22. The first-order chi connectivity index (χ1) is 39.9. The van der Waals surface area contributed by atoms with Gasteiger partial charge in [-0.25, -0.2) is 4.98 Å². The highest BCUT2D eigenvalue weighted by atomic mass is 35.5. The van der Waals surface area contributed by atoms with E-state index in [0.717, 1.165) is 0 Å². The van der Waals surface area contributed by atoms with Crippen molar-refractivity contribution in [1.82, 2.24) is 9.38 Å². The van der Waals surface area contributed by atoms with Crippen molar-refractivity contribution in [3.63, 3.8) is 0 Å². The van der Waals surface area contributed by atoms with E-state index in [9.17, 15) is 49.3 Å². The number of hydrogen-bond acceptors (Lipinski definition) is 26. The van der Waals surface area contributed by atoms with Gasteiger partial charge in [-0.2, -0.15) is 51.0 Å². The lowest BCUT2D eigenvalue weighted by Crippen LogP contribution is -2.08. The van der Waals surface area contributed by atoms with E-state index in [1.54, 1.807) is 99.6 Å². The van der Waals surface area contributed by atoms with Gasteiger partial charge in [0, 0.05) is 26.4 Å². The molecule has 0 spiro atoms. The zero-order valence-electron chi connectivity index (χ0n) is 44.7. The predicted molar refractivity (Wildman–Crippen MR) is 315 cm³/mol. The topological polar surface area (TPSA) is 435 Å². The van der Waals surface area contributed by atoms with Crippen molar-refractivity contribution in [2.75, 3.05) is 35.4 Å². The summed E-state index contributed by atoms with van der Waals surface area (Å²) in [6.45, 7) is 6.71. The molecule has 0 bridgehead atoms. The fourth-order valence-electron chi connectivity index (χ4n) is 7.32. The van der Waals surface area contributed by atoms with Crippen molar-refractivity contribution >= 4 is 149 Å². The van der Waals surface area contributed by atoms with Crippen molar-refractivity contribution in [1.29, 1.82) is 5.26 Å². The minimum atomic E-state index is -4.31. The Morgan fingerprint density at radius 2 is 1.04 bits per heavy atom. The van der Waals surface area contributed by atoms with Crippen LogP contribution in [0.1, 0.15) is 47.1 Å². The van der Waals surface area contributed by atoms with Gasteiger partial charge in [-0.05, 0) is 142 Å². The van der Waals surface area contributed by atoms with E-state index in [-0.39, 0.29) is 71.5 Å². The van der Waals surface area contributed by atoms with Crippen LogP contribution in [-0.2, 0) is 51.6 Å². The minimum Gasteiger partial charge on any atom is -0.493 e. The number of ether oxygens (including phenoxy) is 1. The summed E-state index contributed by atoms with van der Waals surface area (Å²) in [7, 11) is -19.0. The molecule has 450 valence electrons. The first-order valence-corrected chi connectivity index (χ1v) is 33.3. The lowest BCUT2D eigenvalue weighted by Gasteiger charge is -2.12. The van der Waals surface area contributed by atoms with E-state index in [0.29, 0.717) is 82.3 Å². The molecule has 0 aliphatic heterocycles. The van der Waals surface area contributed by atoms with Gasteiger partial charge in [-0.1, -0.05) is 23.7 Å². The summed E-state index contributed by atoms with van der Waals surface area (Å²) in [5, 5.41) is 58.1. The van der Waals surface area contributed by atoms with Crippen molar-refractivity contribution in [2.45, 2.75) is 56.7 Å². The van der Waals surface area contributed by atoms with Crippen molar-refractivity contribution in [2.24, 2.45) is 40.9 Å². The number of aromatic nitrogens is 2. The molecule has 0 saturated heterocycles. The lowest BCUT2D eigenvalue weighted by molar-refractivity contribution is 0.317. The van der Waals surface area contributed by atoms with Crippen LogP contribution < -0.4 is 4.74 Å². The summed E-state index contributed by atoms with van der Waals surface area (Å²) in [6.07, 6.45) is 0.122. The number of benzene rings is 5. The number of halogens is 1. The van der Waals surface area contributed by atoms with Crippen LogP contribution in [0.15, 0.2) is 136 Å². The molecule has 0 aliphatic carbocycles. The van der Waals surface area contributed by atoms with Crippen LogP contribution in [0.4, 0.5) is 45.5 Å². The maximum absolute atomic E-state index is 11.6. The average molecular weight is 1320 g/mol. The second kappa shape index (κ2) is 31.1. The largest absolute Gasteiger partial charge is 0.493 e. The third-order valence-corrected chi connectivity index (χ3v) is 16.1. The predicted octanol–water partition coefficient (Wildman–Crippen LogP) is 12.0. The number of para-hydroxylation sites is 2. The number of azo groups is 4. The van der Waals surface area contributed by atoms with Crippen LogP contribution in [0.25, 0.3) is 16.7 Å². The molecular formula is C49H48ClN11O17S7. The van der Waals surface area contributed by atoms with Crippen LogP contribution in [0, 0.1) is 39.0 Å². The molecule has 85 heavy (non-hydrogen) atoms. The van der Waals surface area contributed by atoms with E-state index in [4.69, 9.17) is 41.6 Å². The number of imidazole rings is 1. The minimum absolute atomic E-state index is 0.0227. The summed E-state index contributed by atoms with van der Waals surface area (Å²) in [5.41, 5.74) is 6.24. The van der Waals surface area contributed by atoms with Gasteiger partial charge < -0.3 is 9.84 Å². The van der Waals surface area contributed by atoms with Crippen LogP contribution >= 0.6 is 35.1 Å². The number of aryl methyl sites for hydroxylation is 3. The molecule has 0 amide bonds. The summed E-state index contributed by atoms with van der Waals surface area (Å²) < 4.78 is 155. The molecule has 7 rings (SSSR count). The maximum Gasteiger partial charge on any atom is 0.425 e. The van der Waals surface area contributed by atoms with Crippen LogP contribution in [0.2, 0.25) is 5.02 Å². The number of thioether (sulfide) groups is 2. The Morgan fingerprint density at radius 1 is 0.600 bits per heavy atom. The van der Waals surface area contributed by atoms with Gasteiger partial charge in [0.1, 0.15) is 23.1 Å². The number of hydrogen-bond donors (Lipinski definition) is 4. The fourth-order valence-corrected chi connectivity index (χ4v) is 11.2. The zero-order valence-corrected chi connectivity index (χ0v) is 51.2. The summed E-state index contributed by atoms with van der Waals surface area (Å²) in [4.78, 5) is 5.65. The lowest BCUT2D eigenvalue weighted by atomic mass is 10.1. The van der Waals surface area contributed by atoms with Gasteiger partial charge in [-0.15, -0.1) is 69.2 Å². The molecule has 4 N–H and O–H groups in total. The fraction of sp³-hybridized carbons (Fsp3) is 0.265. The van der Waals surface area contributed by atoms with Gasteiger partial charge in [-0.3, -0.25) is 18.1 Å². The second-order valence-electron chi connectivity index (χ2n) is 17.5. The Hall–Kier alpha value is -7.50. The number of fused-ring (bicyclic) bond motifs is 3. The standard InChI is InChI=1S/C49H48ClN11O11S5.2O3S/c1-29-22-40(57-60-47-32(4)35(28-51)48-52-36-10-5-6-11-43(36)61(48)49(47)62)44(72-16-7-19-75(63,64)65)25-37(29)55-58-41-24-31(3)39(27-46(41)74-18-9-21-77(69,70)71)56-59-42-23-30(2)38(54-53-34-14-12-33(50)13-15-34)26-45(42)73-17-8-20-76(66,67)68;2*1-4(2)3/h5-6,10-15,22-27,62H,7-9,16-21H2,1-4H3,(H,63,64,65)(H,66,67,68)(H,69,70,71);;. The van der Waals surface area contributed by atoms with Crippen LogP contribution in [0.3, 0.4) is 0 Å². The molecule has 0 fully saturated rings. The first kappa shape index (κ1) is 68.3. The number of rotatable bonds is 23. The smallest absolute Gasteiger partial charge is 0.425 e. The van der Waals surface area contributed by atoms with Gasteiger partial charge in [0.05, 0.1) is 69.0 Å². The van der Waals surface area contributed by atoms with Gasteiger partial charge >= 0.3 is 21.2 Å². The number of pyridine rings is 1. The van der Waals surface area contributed by atoms with Crippen molar-refractivity contribution in [3.05, 3.63) is 118 Å². The van der Waals surface area contributed by atoms with Gasteiger partial charge in [0.2, 0.25) is 5.88 Å². The normalized spacial score (nSPS) is 12.0. The molecule has 0 saturated carbocycles. The third-order valence-electron chi connectivity index (χ3n) is 11.2. The number of nitrogens with zero attached hydrogens (tertiary/aromatic N) is 11. The zero-order chi connectivity index (χ0) is 62.8. The second-order valence-corrected chi connectivity index (χ2v) is 25.8. The van der Waals surface area contributed by atoms with Gasteiger partial charge in [0.15, 0.2) is 11.3 Å². The molecule has 0 atom stereocenters. The molecule has 5 aromatic carbocycles. The third kappa shape index (κ3) is 21.8. The maximum atomic E-state index is 11.6. The molecular weight excluding hydrogens is 1270 g/mol. The Morgan fingerprint density at radius 3 is 1.53 bits per heavy atom. The van der Waals surface area contributed by atoms with Crippen molar-refractivity contribution < 1.29 is 74.0 Å². The average Bonchev–Trinajstić information content (AvgIpc) is 1.72. The quantitative estimate of drug-likeness (QED) is 0.0200. The Balaban J connectivity index is 0.00000155. The first-order valence-electron chi connectivity index (χ1n) is 24.1. The van der Waals surface area contributed by atoms with E-state index in [1.165, 1.54) is 34.0 Å². The molecule has 2 heterocycles. The molecule has 7 aromatic rings. The molecule has 2 aromatic heterocycles. The molecule has 0 unspecified atom stereocenters. The van der Waals surface area contributed by atoms with Crippen LogP contribution in [0.5, 0.6) is 11.6 Å². The highest BCUT2D eigenvalue weighted by molar-refractivity contribution is 7.99. The number of nitriles is 1. The highest BCUT2D eigenvalue weighted by Crippen LogP contribution is 2.44. The van der Waals surface area contributed by atoms with E-state index in [2.05, 4.69) is 52.0 Å². The summed E-state index contributed by atoms with van der Waals surface area (Å²) in [6, 6.07) is 25.9. The summed E-state index contributed by atoms with van der Waals surface area (Å²) >= 11 is 8.54. The Labute approximate surface area is 502 Å². The van der Waals surface area contributed by atoms with E-state index < -0.39 is 68.8 Å². The number of aromatic hydroxyl groups is 1. The molecule has 36 heteroatoms. The molecule has 0 aliphatic rings. The Bertz CT molecular complexity index is 4370. The van der Waals surface area contributed by atoms with Crippen LogP contribution in [-0.4, -0.2) is 114 Å². The Kier molecular flexibility index (Phi) is 24.9. The monoisotopic (exact) mass is 1320 g/mol. The molecule has 0 radical (unpaired) electrons. The molecule has 28 nitrogen and oxygen atoms in total. The van der Waals surface area contributed by atoms with Gasteiger partial charge in [0.25, 0.3) is 30.4 Å². The van der Waals surface area contributed by atoms with E-state index >= 15 is 0 Å². The van der Waals surface area contributed by atoms with Crippen molar-refractivity contribution in [3.8, 4) is 17.7 Å².